The summed E-state index contributed by atoms with van der Waals surface area (Å²) >= 11 is 0. The van der Waals surface area contributed by atoms with Crippen molar-refractivity contribution in [1.29, 1.82) is 0 Å². The predicted octanol–water partition coefficient (Wildman–Crippen LogP) is -7.94. The lowest BCUT2D eigenvalue weighted by molar-refractivity contribution is -0.391. The van der Waals surface area contributed by atoms with Crippen LogP contribution in [-0.4, -0.2) is 247 Å². The van der Waals surface area contributed by atoms with Crippen LogP contribution in [0.1, 0.15) is 20.3 Å². The van der Waals surface area contributed by atoms with E-state index in [1.807, 2.05) is 0 Å². The summed E-state index contributed by atoms with van der Waals surface area (Å²) in [6.45, 7) is -3.25. The second kappa shape index (κ2) is 22.7. The van der Waals surface area contributed by atoms with Crippen LogP contribution < -0.4 is 10.6 Å². The standard InChI is InChI=1S/C33H54FN5O23/c1-10(43)37-17-12(45)5-33(32(53)54,61-26(17)19(47)13(46)7-40)62-28-21(49)15(8-41)57-31(24(28)52)59-25-16(9-42)58-29(55-4-3-36-39-35)18(38-11(2)44)27(25)60-30-23(51)22(50)20(48)14(6-34)56-30/h12-31,40-42,45-52H,3-9H2,1-2H3,(H,37,43)(H,38,44)(H,53,54)/t12-,13+,14-,15+,16+,17+,18+,19+,20+,21-,22+,23-,24+,25+,26+,27+,28-,29+,30-,31-,33-/m0/s1. The summed E-state index contributed by atoms with van der Waals surface area (Å²) in [4.78, 5) is 40.1. The van der Waals surface area contributed by atoms with Gasteiger partial charge in [0.05, 0.1) is 38.6 Å². The lowest BCUT2D eigenvalue weighted by Gasteiger charge is -2.51. The number of nitrogens with zero attached hydrogens (tertiary/aromatic N) is 3. The number of amides is 2. The highest BCUT2D eigenvalue weighted by atomic mass is 19.1. The Morgan fingerprint density at radius 3 is 1.95 bits per heavy atom. The molecule has 4 heterocycles. The van der Waals surface area contributed by atoms with E-state index in [-0.39, 0.29) is 13.2 Å². The molecule has 0 spiro atoms. The minimum absolute atomic E-state index is 0.284. The first kappa shape index (κ1) is 51.5. The number of nitrogens with one attached hydrogen (secondary N) is 2. The molecule has 4 fully saturated rings. The highest BCUT2D eigenvalue weighted by Gasteiger charge is 2.61. The van der Waals surface area contributed by atoms with Crippen LogP contribution in [0.2, 0.25) is 0 Å². The number of aliphatic carboxylic acids is 1. The number of hydrogen-bond acceptors (Lipinski definition) is 23. The van der Waals surface area contributed by atoms with Crippen molar-refractivity contribution >= 4 is 17.8 Å². The Kier molecular flexibility index (Phi) is 18.8. The molecule has 0 aromatic rings. The third-order valence-corrected chi connectivity index (χ3v) is 10.5. The second-order valence-corrected chi connectivity index (χ2v) is 14.8. The predicted molar refractivity (Wildman–Crippen MR) is 191 cm³/mol. The highest BCUT2D eigenvalue weighted by molar-refractivity contribution is 5.76. The minimum Gasteiger partial charge on any atom is -0.477 e. The topological polar surface area (TPSA) is 441 Å². The maximum Gasteiger partial charge on any atom is 0.364 e. The van der Waals surface area contributed by atoms with E-state index in [9.17, 15) is 80.1 Å². The van der Waals surface area contributed by atoms with E-state index in [4.69, 9.17) is 43.4 Å². The molecule has 4 aliphatic heterocycles. The summed E-state index contributed by atoms with van der Waals surface area (Å²) in [5, 5.41) is 135. The largest absolute Gasteiger partial charge is 0.477 e. The van der Waals surface area contributed by atoms with Gasteiger partial charge in [-0.15, -0.1) is 0 Å². The van der Waals surface area contributed by atoms with Gasteiger partial charge in [-0.1, -0.05) is 5.11 Å². The Balaban J connectivity index is 1.75. The van der Waals surface area contributed by atoms with Gasteiger partial charge in [-0.05, 0) is 5.53 Å². The highest BCUT2D eigenvalue weighted by Crippen LogP contribution is 2.39. The zero-order valence-electron chi connectivity index (χ0n) is 33.1. The molecule has 4 aliphatic rings. The van der Waals surface area contributed by atoms with E-state index in [1.165, 1.54) is 0 Å². The van der Waals surface area contributed by atoms with Crippen molar-refractivity contribution in [2.45, 2.75) is 149 Å². The molecule has 21 atom stereocenters. The molecule has 0 aromatic heterocycles. The second-order valence-electron chi connectivity index (χ2n) is 14.8. The zero-order chi connectivity index (χ0) is 46.2. The fraction of sp³-hybridized carbons (Fsp3) is 0.909. The maximum atomic E-state index is 13.9. The monoisotopic (exact) mass is 907 g/mol. The quantitative estimate of drug-likeness (QED) is 0.0248. The molecule has 4 rings (SSSR count). The number of azide groups is 1. The summed E-state index contributed by atoms with van der Waals surface area (Å²) in [5.74, 6) is -6.82. The molecular formula is C33H54FN5O23. The molecule has 62 heavy (non-hydrogen) atoms. The molecule has 0 aliphatic carbocycles. The molecule has 2 amide bonds. The molecular weight excluding hydrogens is 853 g/mol. The molecule has 0 bridgehead atoms. The van der Waals surface area contributed by atoms with Crippen LogP contribution in [0.3, 0.4) is 0 Å². The van der Waals surface area contributed by atoms with Gasteiger partial charge in [0, 0.05) is 31.7 Å². The van der Waals surface area contributed by atoms with Crippen molar-refractivity contribution in [3.63, 3.8) is 0 Å². The number of carbonyl (C=O) groups is 3. The normalized spacial score (nSPS) is 42.2. The van der Waals surface area contributed by atoms with E-state index < -0.39 is 179 Å². The van der Waals surface area contributed by atoms with Crippen LogP contribution in [-0.2, 0) is 52.3 Å². The molecule has 29 heteroatoms. The number of carboxylic acid groups (broad SMARTS) is 1. The summed E-state index contributed by atoms with van der Waals surface area (Å²) in [5.41, 5.74) is 8.70. The van der Waals surface area contributed by atoms with E-state index in [1.54, 1.807) is 0 Å². The van der Waals surface area contributed by atoms with Gasteiger partial charge in [-0.3, -0.25) is 9.59 Å². The van der Waals surface area contributed by atoms with Gasteiger partial charge in [0.15, 0.2) is 18.9 Å². The molecule has 0 radical (unpaired) electrons. The Morgan fingerprint density at radius 1 is 0.806 bits per heavy atom. The lowest BCUT2D eigenvalue weighted by atomic mass is 9.88. The minimum atomic E-state index is -3.17. The Morgan fingerprint density at radius 2 is 1.39 bits per heavy atom. The lowest BCUT2D eigenvalue weighted by Crippen LogP contribution is -2.71. The summed E-state index contributed by atoms with van der Waals surface area (Å²) < 4.78 is 59.8. The third kappa shape index (κ3) is 11.6. The fourth-order valence-corrected chi connectivity index (χ4v) is 7.40. The van der Waals surface area contributed by atoms with Gasteiger partial charge in [0.2, 0.25) is 11.8 Å². The van der Waals surface area contributed by atoms with Crippen molar-refractivity contribution in [3.05, 3.63) is 10.4 Å². The summed E-state index contributed by atoms with van der Waals surface area (Å²) in [7, 11) is 0. The Hall–Kier alpha value is -3.11. The van der Waals surface area contributed by atoms with Crippen molar-refractivity contribution in [2.24, 2.45) is 5.11 Å². The number of carbonyl (C=O) groups excluding carboxylic acids is 2. The summed E-state index contributed by atoms with van der Waals surface area (Å²) in [6.07, 6.45) is -37.3. The fourth-order valence-electron chi connectivity index (χ4n) is 7.40. The van der Waals surface area contributed by atoms with Crippen molar-refractivity contribution in [2.75, 3.05) is 39.6 Å². The first-order valence-electron chi connectivity index (χ1n) is 19.2. The van der Waals surface area contributed by atoms with Gasteiger partial charge < -0.3 is 110 Å². The molecule has 0 saturated carbocycles. The average molecular weight is 908 g/mol. The van der Waals surface area contributed by atoms with Crippen molar-refractivity contribution < 1.29 is 118 Å². The average Bonchev–Trinajstić information content (AvgIpc) is 3.23. The van der Waals surface area contributed by atoms with E-state index in [0.717, 1.165) is 13.8 Å². The van der Waals surface area contributed by atoms with E-state index in [0.29, 0.717) is 0 Å². The van der Waals surface area contributed by atoms with E-state index in [2.05, 4.69) is 20.7 Å². The maximum absolute atomic E-state index is 13.9. The molecule has 4 saturated heterocycles. The van der Waals surface area contributed by atoms with Crippen molar-refractivity contribution in [1.82, 2.24) is 10.6 Å². The molecule has 14 N–H and O–H groups in total. The Labute approximate surface area is 350 Å². The first-order valence-corrected chi connectivity index (χ1v) is 19.2. The number of halogens is 1. The van der Waals surface area contributed by atoms with Crippen LogP contribution in [0.5, 0.6) is 0 Å². The number of hydrogen-bond donors (Lipinski definition) is 14. The molecule has 356 valence electrons. The van der Waals surface area contributed by atoms with Gasteiger partial charge in [-0.2, -0.15) is 0 Å². The summed E-state index contributed by atoms with van der Waals surface area (Å²) in [6, 6.07) is -3.24. The van der Waals surface area contributed by atoms with Crippen molar-refractivity contribution in [3.8, 4) is 0 Å². The SMILES string of the molecule is CC(=O)N[C@H]1[C@H](OCCN=[N+]=[N-])O[C@H](CO)[C@@H](O[C@@H]2O[C@H](CO)[C@H](O)[C@H](O[C@]3(C(=O)O)C[C@H](O)[C@@H](NC(C)=O)[C@H]([C@H](O)[C@H](O)CO)O3)[C@H]2O)[C@@H]1O[C@@H]1O[C@@H](CF)[C@@H](O)[C@@H](O)[C@@H]1O. The van der Waals surface area contributed by atoms with Gasteiger partial charge in [0.25, 0.3) is 5.79 Å². The van der Waals surface area contributed by atoms with E-state index >= 15 is 0 Å². The third-order valence-electron chi connectivity index (χ3n) is 10.5. The van der Waals surface area contributed by atoms with Crippen LogP contribution in [0.15, 0.2) is 5.11 Å². The number of carboxylic acids is 1. The molecule has 0 aromatic carbocycles. The van der Waals surface area contributed by atoms with Gasteiger partial charge >= 0.3 is 5.97 Å². The zero-order valence-corrected chi connectivity index (χ0v) is 33.1. The van der Waals surface area contributed by atoms with Crippen LogP contribution in [0, 0.1) is 0 Å². The van der Waals surface area contributed by atoms with Crippen LogP contribution in [0.25, 0.3) is 10.4 Å². The molecule has 28 nitrogen and oxygen atoms in total. The number of aliphatic hydroxyl groups excluding tert-OH is 11. The number of ether oxygens (including phenoxy) is 8. The first-order chi connectivity index (χ1) is 29.3. The van der Waals surface area contributed by atoms with Gasteiger partial charge in [0.1, 0.15) is 98.2 Å². The van der Waals surface area contributed by atoms with Crippen LogP contribution >= 0.6 is 0 Å². The smallest absolute Gasteiger partial charge is 0.364 e. The number of aliphatic hydroxyl groups is 11. The number of alkyl halides is 1. The van der Waals surface area contributed by atoms with Crippen LogP contribution in [0.4, 0.5) is 4.39 Å². The molecule has 0 unspecified atom stereocenters. The number of rotatable bonds is 19. The van der Waals surface area contributed by atoms with Gasteiger partial charge in [-0.25, -0.2) is 9.18 Å². The Bertz CT molecular complexity index is 1540.